The number of rotatable bonds is 3. The average molecular weight is 178 g/mol. The van der Waals surface area contributed by atoms with Crippen molar-refractivity contribution in [1.29, 1.82) is 0 Å². The fraction of sp³-hybridized carbons (Fsp3) is 0.364. The quantitative estimate of drug-likeness (QED) is 0.718. The van der Waals surface area contributed by atoms with Crippen molar-refractivity contribution in [2.24, 2.45) is 0 Å². The highest BCUT2D eigenvalue weighted by Crippen LogP contribution is 2.13. The minimum Gasteiger partial charge on any atom is -0.392 e. The number of Topliss-reactive ketones (excluding diaryl/α,β-unsaturated/α-hetero) is 1. The van der Waals surface area contributed by atoms with Gasteiger partial charge in [0.15, 0.2) is 5.78 Å². The Labute approximate surface area is 78.2 Å². The third kappa shape index (κ3) is 2.16. The van der Waals surface area contributed by atoms with Crippen LogP contribution in [0.5, 0.6) is 0 Å². The molecule has 0 aromatic heterocycles. The van der Waals surface area contributed by atoms with E-state index in [4.69, 9.17) is 5.11 Å². The predicted molar refractivity (Wildman–Crippen MR) is 51.7 cm³/mol. The number of carbonyl (C=O) groups excluding carboxylic acids is 1. The summed E-state index contributed by atoms with van der Waals surface area (Å²) in [5.41, 5.74) is 2.57. The van der Waals surface area contributed by atoms with Crippen molar-refractivity contribution in [2.45, 2.75) is 26.9 Å². The molecule has 0 amide bonds. The van der Waals surface area contributed by atoms with E-state index in [-0.39, 0.29) is 12.4 Å². The van der Waals surface area contributed by atoms with Gasteiger partial charge in [0.25, 0.3) is 0 Å². The van der Waals surface area contributed by atoms with Gasteiger partial charge < -0.3 is 5.11 Å². The lowest BCUT2D eigenvalue weighted by atomic mass is 10.00. The highest BCUT2D eigenvalue weighted by molar-refractivity contribution is 5.95. The maximum absolute atomic E-state index is 11.2. The Bertz CT molecular complexity index is 316. The Kier molecular flexibility index (Phi) is 3.20. The normalized spacial score (nSPS) is 10.1. The molecule has 0 spiro atoms. The van der Waals surface area contributed by atoms with Crippen molar-refractivity contribution >= 4 is 5.78 Å². The van der Waals surface area contributed by atoms with Crippen LogP contribution in [0.3, 0.4) is 0 Å². The summed E-state index contributed by atoms with van der Waals surface area (Å²) in [4.78, 5) is 11.2. The minimum absolute atomic E-state index is 0.00965. The Morgan fingerprint density at radius 2 is 2.15 bits per heavy atom. The number of hydrogen-bond donors (Lipinski definition) is 1. The topological polar surface area (TPSA) is 37.3 Å². The molecule has 70 valence electrons. The summed E-state index contributed by atoms with van der Waals surface area (Å²) < 4.78 is 0. The van der Waals surface area contributed by atoms with Crippen LogP contribution in [0.15, 0.2) is 18.2 Å². The maximum atomic E-state index is 11.2. The van der Waals surface area contributed by atoms with E-state index in [1.165, 1.54) is 0 Å². The van der Waals surface area contributed by atoms with Crippen molar-refractivity contribution in [3.63, 3.8) is 0 Å². The molecule has 0 aliphatic heterocycles. The first-order valence-electron chi connectivity index (χ1n) is 4.42. The van der Waals surface area contributed by atoms with Crippen molar-refractivity contribution in [3.05, 3.63) is 34.9 Å². The molecule has 0 unspecified atom stereocenters. The molecule has 0 fully saturated rings. The van der Waals surface area contributed by atoms with Gasteiger partial charge in [-0.1, -0.05) is 19.1 Å². The smallest absolute Gasteiger partial charge is 0.160 e. The minimum atomic E-state index is -0.00965. The van der Waals surface area contributed by atoms with E-state index < -0.39 is 0 Å². The number of aryl methyl sites for hydroxylation is 1. The molecule has 1 aromatic carbocycles. The molecule has 0 aliphatic carbocycles. The highest BCUT2D eigenvalue weighted by atomic mass is 16.3. The summed E-state index contributed by atoms with van der Waals surface area (Å²) in [7, 11) is 0. The van der Waals surface area contributed by atoms with Gasteiger partial charge >= 0.3 is 0 Å². The van der Waals surface area contributed by atoms with Crippen molar-refractivity contribution in [1.82, 2.24) is 0 Å². The first-order chi connectivity index (χ1) is 6.19. The SMILES string of the molecule is CCc1ccc(CO)cc1C(C)=O. The van der Waals surface area contributed by atoms with E-state index in [0.29, 0.717) is 0 Å². The summed E-state index contributed by atoms with van der Waals surface area (Å²) in [6.07, 6.45) is 0.848. The van der Waals surface area contributed by atoms with E-state index in [2.05, 4.69) is 0 Å². The third-order valence-electron chi connectivity index (χ3n) is 2.12. The van der Waals surface area contributed by atoms with Gasteiger partial charge in [-0.25, -0.2) is 0 Å². The molecular weight excluding hydrogens is 164 g/mol. The molecule has 0 radical (unpaired) electrons. The van der Waals surface area contributed by atoms with Crippen molar-refractivity contribution in [3.8, 4) is 0 Å². The standard InChI is InChI=1S/C11H14O2/c1-3-10-5-4-9(7-12)6-11(10)8(2)13/h4-6,12H,3,7H2,1-2H3. The van der Waals surface area contributed by atoms with Crippen LogP contribution < -0.4 is 0 Å². The van der Waals surface area contributed by atoms with Gasteiger partial charge in [-0.15, -0.1) is 0 Å². The summed E-state index contributed by atoms with van der Waals surface area (Å²) in [5.74, 6) is 0.0622. The Hall–Kier alpha value is -1.15. The lowest BCUT2D eigenvalue weighted by molar-refractivity contribution is 0.101. The first kappa shape index (κ1) is 9.93. The summed E-state index contributed by atoms with van der Waals surface area (Å²) in [6, 6.07) is 5.52. The molecule has 0 heterocycles. The summed E-state index contributed by atoms with van der Waals surface area (Å²) in [5, 5.41) is 8.90. The third-order valence-corrected chi connectivity index (χ3v) is 2.12. The fourth-order valence-corrected chi connectivity index (χ4v) is 1.36. The average Bonchev–Trinajstić information content (AvgIpc) is 2.16. The molecule has 0 aliphatic rings. The van der Waals surface area contributed by atoms with Gasteiger partial charge in [0.05, 0.1) is 6.61 Å². The molecule has 0 saturated carbocycles. The molecule has 2 heteroatoms. The second-order valence-electron chi connectivity index (χ2n) is 3.06. The van der Waals surface area contributed by atoms with Crippen molar-refractivity contribution < 1.29 is 9.90 Å². The monoisotopic (exact) mass is 178 g/mol. The molecule has 2 nitrogen and oxygen atoms in total. The summed E-state index contributed by atoms with van der Waals surface area (Å²) in [6.45, 7) is 3.56. The van der Waals surface area contributed by atoms with Crippen LogP contribution >= 0.6 is 0 Å². The van der Waals surface area contributed by atoms with E-state index in [1.807, 2.05) is 19.1 Å². The van der Waals surface area contributed by atoms with Crippen LogP contribution in [0.4, 0.5) is 0 Å². The molecule has 0 atom stereocenters. The van der Waals surface area contributed by atoms with Gasteiger partial charge in [0, 0.05) is 5.56 Å². The number of aliphatic hydroxyl groups is 1. The second-order valence-corrected chi connectivity index (χ2v) is 3.06. The zero-order valence-corrected chi connectivity index (χ0v) is 8.00. The number of ketones is 1. The molecular formula is C11H14O2. The Balaban J connectivity index is 3.18. The highest BCUT2D eigenvalue weighted by Gasteiger charge is 2.05. The fourth-order valence-electron chi connectivity index (χ4n) is 1.36. The second kappa shape index (κ2) is 4.19. The molecule has 1 rings (SSSR count). The van der Waals surface area contributed by atoms with Gasteiger partial charge in [0.2, 0.25) is 0 Å². The zero-order valence-electron chi connectivity index (χ0n) is 8.00. The summed E-state index contributed by atoms with van der Waals surface area (Å²) >= 11 is 0. The van der Waals surface area contributed by atoms with Gasteiger partial charge in [-0.3, -0.25) is 4.79 Å². The largest absolute Gasteiger partial charge is 0.392 e. The van der Waals surface area contributed by atoms with E-state index in [1.54, 1.807) is 13.0 Å². The van der Waals surface area contributed by atoms with Gasteiger partial charge in [-0.2, -0.15) is 0 Å². The maximum Gasteiger partial charge on any atom is 0.160 e. The molecule has 0 bridgehead atoms. The Morgan fingerprint density at radius 1 is 1.46 bits per heavy atom. The molecule has 13 heavy (non-hydrogen) atoms. The van der Waals surface area contributed by atoms with Crippen LogP contribution in [-0.4, -0.2) is 10.9 Å². The Morgan fingerprint density at radius 3 is 2.62 bits per heavy atom. The number of carbonyl (C=O) groups is 1. The van der Waals surface area contributed by atoms with Crippen LogP contribution in [0.1, 0.15) is 35.3 Å². The molecule has 1 N–H and O–H groups in total. The van der Waals surface area contributed by atoms with Gasteiger partial charge in [-0.05, 0) is 30.5 Å². The van der Waals surface area contributed by atoms with Crippen LogP contribution in [0, 0.1) is 0 Å². The van der Waals surface area contributed by atoms with E-state index in [9.17, 15) is 4.79 Å². The van der Waals surface area contributed by atoms with Gasteiger partial charge in [0.1, 0.15) is 0 Å². The van der Waals surface area contributed by atoms with E-state index >= 15 is 0 Å². The van der Waals surface area contributed by atoms with Crippen LogP contribution in [0.2, 0.25) is 0 Å². The lowest BCUT2D eigenvalue weighted by Gasteiger charge is -2.05. The van der Waals surface area contributed by atoms with Crippen LogP contribution in [0.25, 0.3) is 0 Å². The number of hydrogen-bond acceptors (Lipinski definition) is 2. The molecule has 1 aromatic rings. The van der Waals surface area contributed by atoms with Crippen LogP contribution in [-0.2, 0) is 13.0 Å². The number of aliphatic hydroxyl groups excluding tert-OH is 1. The zero-order chi connectivity index (χ0) is 9.84. The predicted octanol–water partition coefficient (Wildman–Crippen LogP) is 1.94. The first-order valence-corrected chi connectivity index (χ1v) is 4.42. The number of benzene rings is 1. The van der Waals surface area contributed by atoms with E-state index in [0.717, 1.165) is 23.1 Å². The van der Waals surface area contributed by atoms with Crippen molar-refractivity contribution in [2.75, 3.05) is 0 Å². The lowest BCUT2D eigenvalue weighted by Crippen LogP contribution is -2.00. The molecule has 0 saturated heterocycles.